The number of benzene rings is 1. The highest BCUT2D eigenvalue weighted by atomic mass is 16.5. The van der Waals surface area contributed by atoms with Crippen LogP contribution in [0.15, 0.2) is 30.3 Å². The SMILES string of the molecule is [CH2]COCC=Cc1ccc(C(C)C)cc1. The standard InChI is InChI=1S/C14H19O/c1-4-15-11-5-6-13-7-9-14(10-8-13)12(2)3/h5-10,12H,1,4,11H2,2-3H3. The van der Waals surface area contributed by atoms with Gasteiger partial charge in [-0.2, -0.15) is 0 Å². The van der Waals surface area contributed by atoms with Gasteiger partial charge in [-0.1, -0.05) is 50.3 Å². The van der Waals surface area contributed by atoms with Crippen molar-refractivity contribution in [1.82, 2.24) is 0 Å². The molecule has 81 valence electrons. The molecule has 0 atom stereocenters. The Hall–Kier alpha value is -1.08. The van der Waals surface area contributed by atoms with Crippen LogP contribution in [0.5, 0.6) is 0 Å². The lowest BCUT2D eigenvalue weighted by Gasteiger charge is -2.04. The molecule has 0 aromatic heterocycles. The molecular weight excluding hydrogens is 184 g/mol. The van der Waals surface area contributed by atoms with E-state index in [1.807, 2.05) is 6.08 Å². The molecular formula is C14H19O. The molecule has 0 aliphatic heterocycles. The van der Waals surface area contributed by atoms with E-state index in [1.165, 1.54) is 11.1 Å². The molecule has 0 unspecified atom stereocenters. The molecule has 0 N–H and O–H groups in total. The molecule has 1 nitrogen and oxygen atoms in total. The fraction of sp³-hybridized carbons (Fsp3) is 0.357. The van der Waals surface area contributed by atoms with E-state index in [9.17, 15) is 0 Å². The lowest BCUT2D eigenvalue weighted by molar-refractivity contribution is 0.193. The maximum atomic E-state index is 5.12. The first-order valence-electron chi connectivity index (χ1n) is 5.37. The van der Waals surface area contributed by atoms with Gasteiger partial charge in [0.05, 0.1) is 6.61 Å². The van der Waals surface area contributed by atoms with Crippen LogP contribution in [0.2, 0.25) is 0 Å². The molecule has 15 heavy (non-hydrogen) atoms. The van der Waals surface area contributed by atoms with Gasteiger partial charge >= 0.3 is 0 Å². The molecule has 0 amide bonds. The van der Waals surface area contributed by atoms with Crippen LogP contribution < -0.4 is 0 Å². The fourth-order valence-electron chi connectivity index (χ4n) is 1.33. The Balaban J connectivity index is 2.53. The van der Waals surface area contributed by atoms with Gasteiger partial charge in [0.2, 0.25) is 0 Å². The van der Waals surface area contributed by atoms with Crippen molar-refractivity contribution in [3.63, 3.8) is 0 Å². The van der Waals surface area contributed by atoms with Crippen molar-refractivity contribution in [2.75, 3.05) is 13.2 Å². The molecule has 1 aromatic rings. The first-order valence-corrected chi connectivity index (χ1v) is 5.37. The second-order valence-corrected chi connectivity index (χ2v) is 3.80. The minimum absolute atomic E-state index is 0.524. The summed E-state index contributed by atoms with van der Waals surface area (Å²) in [6, 6.07) is 8.62. The average molecular weight is 203 g/mol. The number of rotatable bonds is 5. The van der Waals surface area contributed by atoms with Crippen molar-refractivity contribution in [3.05, 3.63) is 48.4 Å². The summed E-state index contributed by atoms with van der Waals surface area (Å²) >= 11 is 0. The summed E-state index contributed by atoms with van der Waals surface area (Å²) in [7, 11) is 0. The molecule has 1 heteroatoms. The Morgan fingerprint density at radius 3 is 2.47 bits per heavy atom. The van der Waals surface area contributed by atoms with Gasteiger partial charge in [-0.25, -0.2) is 0 Å². The highest BCUT2D eigenvalue weighted by Gasteiger charge is 1.96. The zero-order chi connectivity index (χ0) is 11.1. The molecule has 0 bridgehead atoms. The van der Waals surface area contributed by atoms with E-state index < -0.39 is 0 Å². The summed E-state index contributed by atoms with van der Waals surface area (Å²) in [5, 5.41) is 0. The van der Waals surface area contributed by atoms with Crippen LogP contribution in [0.4, 0.5) is 0 Å². The predicted molar refractivity (Wildman–Crippen MR) is 65.7 cm³/mol. The van der Waals surface area contributed by atoms with Gasteiger partial charge in [0.25, 0.3) is 0 Å². The molecule has 0 saturated carbocycles. The van der Waals surface area contributed by atoms with Crippen molar-refractivity contribution in [2.45, 2.75) is 19.8 Å². The predicted octanol–water partition coefficient (Wildman–Crippen LogP) is 3.67. The summed E-state index contributed by atoms with van der Waals surface area (Å²) in [5.74, 6) is 0.595. The number of ether oxygens (including phenoxy) is 1. The largest absolute Gasteiger partial charge is 0.377 e. The van der Waals surface area contributed by atoms with Crippen LogP contribution in [0.3, 0.4) is 0 Å². The summed E-state index contributed by atoms with van der Waals surface area (Å²) in [6.07, 6.45) is 4.08. The molecule has 1 rings (SSSR count). The molecule has 0 aliphatic rings. The number of hydrogen-bond donors (Lipinski definition) is 0. The molecule has 0 spiro atoms. The van der Waals surface area contributed by atoms with Gasteiger partial charge < -0.3 is 4.74 Å². The molecule has 0 fully saturated rings. The summed E-state index contributed by atoms with van der Waals surface area (Å²) in [5.41, 5.74) is 2.59. The van der Waals surface area contributed by atoms with Crippen LogP contribution in [0, 0.1) is 6.92 Å². The van der Waals surface area contributed by atoms with E-state index in [0.717, 1.165) is 0 Å². The van der Waals surface area contributed by atoms with Crippen molar-refractivity contribution in [3.8, 4) is 0 Å². The van der Waals surface area contributed by atoms with Crippen LogP contribution in [-0.4, -0.2) is 13.2 Å². The zero-order valence-electron chi connectivity index (χ0n) is 9.57. The number of hydrogen-bond acceptors (Lipinski definition) is 1. The minimum Gasteiger partial charge on any atom is -0.377 e. The Morgan fingerprint density at radius 1 is 1.27 bits per heavy atom. The van der Waals surface area contributed by atoms with Crippen LogP contribution >= 0.6 is 0 Å². The third kappa shape index (κ3) is 4.30. The topological polar surface area (TPSA) is 9.23 Å². The van der Waals surface area contributed by atoms with E-state index in [-0.39, 0.29) is 0 Å². The first-order chi connectivity index (χ1) is 7.24. The normalized spacial score (nSPS) is 11.5. The lowest BCUT2D eigenvalue weighted by atomic mass is 10.0. The Morgan fingerprint density at radius 2 is 1.93 bits per heavy atom. The van der Waals surface area contributed by atoms with E-state index in [0.29, 0.717) is 19.1 Å². The monoisotopic (exact) mass is 203 g/mol. The molecule has 0 saturated heterocycles. The average Bonchev–Trinajstić information content (AvgIpc) is 2.25. The van der Waals surface area contributed by atoms with Crippen molar-refractivity contribution >= 4 is 6.08 Å². The second-order valence-electron chi connectivity index (χ2n) is 3.80. The molecule has 0 aliphatic carbocycles. The zero-order valence-corrected chi connectivity index (χ0v) is 9.57. The Kier molecular flexibility index (Phi) is 5.13. The maximum absolute atomic E-state index is 5.12. The van der Waals surface area contributed by atoms with Crippen LogP contribution in [-0.2, 0) is 4.74 Å². The van der Waals surface area contributed by atoms with Gasteiger partial charge in [0.1, 0.15) is 0 Å². The van der Waals surface area contributed by atoms with Crippen molar-refractivity contribution < 1.29 is 4.74 Å². The summed E-state index contributed by atoms with van der Waals surface area (Å²) < 4.78 is 5.12. The minimum atomic E-state index is 0.524. The van der Waals surface area contributed by atoms with Crippen molar-refractivity contribution in [2.24, 2.45) is 0 Å². The Labute approximate surface area is 92.8 Å². The maximum Gasteiger partial charge on any atom is 0.0650 e. The highest BCUT2D eigenvalue weighted by Crippen LogP contribution is 2.15. The van der Waals surface area contributed by atoms with Gasteiger partial charge in [0.15, 0.2) is 0 Å². The van der Waals surface area contributed by atoms with E-state index in [4.69, 9.17) is 4.74 Å². The van der Waals surface area contributed by atoms with E-state index >= 15 is 0 Å². The summed E-state index contributed by atoms with van der Waals surface area (Å²) in [6.45, 7) is 9.17. The van der Waals surface area contributed by atoms with E-state index in [1.54, 1.807) is 0 Å². The first kappa shape index (κ1) is 12.0. The smallest absolute Gasteiger partial charge is 0.0650 e. The van der Waals surface area contributed by atoms with Crippen LogP contribution in [0.25, 0.3) is 6.08 Å². The highest BCUT2D eigenvalue weighted by molar-refractivity contribution is 5.49. The molecule has 1 radical (unpaired) electrons. The molecule has 0 heterocycles. The second kappa shape index (κ2) is 6.41. The lowest BCUT2D eigenvalue weighted by Crippen LogP contribution is -1.88. The quantitative estimate of drug-likeness (QED) is 0.663. The summed E-state index contributed by atoms with van der Waals surface area (Å²) in [4.78, 5) is 0. The van der Waals surface area contributed by atoms with Gasteiger partial charge in [0, 0.05) is 6.61 Å². The van der Waals surface area contributed by atoms with Crippen molar-refractivity contribution in [1.29, 1.82) is 0 Å². The fourth-order valence-corrected chi connectivity index (χ4v) is 1.33. The third-order valence-electron chi connectivity index (χ3n) is 2.27. The Bertz CT molecular complexity index is 296. The van der Waals surface area contributed by atoms with E-state index in [2.05, 4.69) is 51.1 Å². The van der Waals surface area contributed by atoms with Gasteiger partial charge in [-0.15, -0.1) is 0 Å². The van der Waals surface area contributed by atoms with Gasteiger partial charge in [-0.05, 0) is 24.0 Å². The molecule has 1 aromatic carbocycles. The third-order valence-corrected chi connectivity index (χ3v) is 2.27. The van der Waals surface area contributed by atoms with Crippen LogP contribution in [0.1, 0.15) is 30.9 Å². The van der Waals surface area contributed by atoms with Gasteiger partial charge in [-0.3, -0.25) is 0 Å².